The highest BCUT2D eigenvalue weighted by molar-refractivity contribution is 6.30. The quantitative estimate of drug-likeness (QED) is 0.634. The number of hydrogen-bond acceptors (Lipinski definition) is 1. The molecular formula is C14H9Cl2FN2. The Kier molecular flexibility index (Phi) is 3.17. The van der Waals surface area contributed by atoms with E-state index in [4.69, 9.17) is 23.2 Å². The van der Waals surface area contributed by atoms with Gasteiger partial charge in [-0.25, -0.2) is 9.37 Å². The van der Waals surface area contributed by atoms with Crippen LogP contribution in [0.2, 0.25) is 5.02 Å². The maximum Gasteiger partial charge on any atom is 0.151 e. The molecule has 0 saturated carbocycles. The average Bonchev–Trinajstić information content (AvgIpc) is 2.80. The van der Waals surface area contributed by atoms with E-state index in [1.807, 2.05) is 22.8 Å². The van der Waals surface area contributed by atoms with Crippen LogP contribution < -0.4 is 0 Å². The van der Waals surface area contributed by atoms with Gasteiger partial charge in [-0.3, -0.25) is 4.57 Å². The van der Waals surface area contributed by atoms with E-state index in [2.05, 4.69) is 4.98 Å². The van der Waals surface area contributed by atoms with Gasteiger partial charge in [-0.05, 0) is 36.4 Å². The summed E-state index contributed by atoms with van der Waals surface area (Å²) in [6, 6.07) is 12.1. The van der Waals surface area contributed by atoms with Gasteiger partial charge >= 0.3 is 0 Å². The fourth-order valence-corrected chi connectivity index (χ4v) is 2.39. The molecule has 2 aromatic carbocycles. The molecule has 2 nitrogen and oxygen atoms in total. The highest BCUT2D eigenvalue weighted by Gasteiger charge is 2.14. The number of alkyl halides is 1. The number of imidazole rings is 1. The number of halogens is 3. The van der Waals surface area contributed by atoms with Crippen molar-refractivity contribution in [2.24, 2.45) is 0 Å². The summed E-state index contributed by atoms with van der Waals surface area (Å²) in [6.45, 7) is 0. The van der Waals surface area contributed by atoms with Crippen molar-refractivity contribution >= 4 is 34.2 Å². The molecule has 0 spiro atoms. The van der Waals surface area contributed by atoms with Gasteiger partial charge in [0, 0.05) is 10.7 Å². The van der Waals surface area contributed by atoms with Crippen molar-refractivity contribution in [2.45, 2.75) is 5.88 Å². The summed E-state index contributed by atoms with van der Waals surface area (Å²) in [5.74, 6) is 0.456. The third kappa shape index (κ3) is 2.09. The van der Waals surface area contributed by atoms with Crippen LogP contribution in [0, 0.1) is 5.82 Å². The molecule has 0 bridgehead atoms. The van der Waals surface area contributed by atoms with Gasteiger partial charge in [-0.15, -0.1) is 11.6 Å². The Morgan fingerprint density at radius 3 is 2.53 bits per heavy atom. The molecule has 1 aromatic heterocycles. The molecule has 0 amide bonds. The van der Waals surface area contributed by atoms with Crippen molar-refractivity contribution < 1.29 is 4.39 Å². The number of para-hydroxylation sites is 1. The number of fused-ring (bicyclic) bond motifs is 1. The van der Waals surface area contributed by atoms with Crippen molar-refractivity contribution in [3.63, 3.8) is 0 Å². The molecule has 0 aliphatic carbocycles. The lowest BCUT2D eigenvalue weighted by Crippen LogP contribution is -1.98. The fraction of sp³-hybridized carbons (Fsp3) is 0.0714. The maximum atomic E-state index is 13.8. The molecule has 0 aliphatic rings. The van der Waals surface area contributed by atoms with Gasteiger partial charge in [-0.2, -0.15) is 0 Å². The number of aromatic nitrogens is 2. The van der Waals surface area contributed by atoms with Gasteiger partial charge in [0.1, 0.15) is 11.3 Å². The molecule has 0 unspecified atom stereocenters. The summed E-state index contributed by atoms with van der Waals surface area (Å²) < 4.78 is 15.6. The van der Waals surface area contributed by atoms with Gasteiger partial charge in [0.05, 0.1) is 11.4 Å². The summed E-state index contributed by atoms with van der Waals surface area (Å²) in [5, 5.41) is 0.645. The Morgan fingerprint density at radius 1 is 1.11 bits per heavy atom. The first kappa shape index (κ1) is 12.5. The number of hydrogen-bond donors (Lipinski definition) is 0. The SMILES string of the molecule is Fc1cccc2c1nc(CCl)n2-c1ccc(Cl)cc1. The van der Waals surface area contributed by atoms with Crippen LogP contribution in [-0.4, -0.2) is 9.55 Å². The second-order valence-corrected chi connectivity index (χ2v) is 4.78. The summed E-state index contributed by atoms with van der Waals surface area (Å²) >= 11 is 11.8. The van der Waals surface area contributed by atoms with Crippen molar-refractivity contribution in [3.8, 4) is 5.69 Å². The second kappa shape index (κ2) is 4.83. The third-order valence-corrected chi connectivity index (χ3v) is 3.40. The lowest BCUT2D eigenvalue weighted by molar-refractivity contribution is 0.637. The van der Waals surface area contributed by atoms with E-state index >= 15 is 0 Å². The zero-order chi connectivity index (χ0) is 13.4. The van der Waals surface area contributed by atoms with E-state index in [-0.39, 0.29) is 11.7 Å². The number of rotatable bonds is 2. The second-order valence-electron chi connectivity index (χ2n) is 4.08. The van der Waals surface area contributed by atoms with Crippen LogP contribution in [-0.2, 0) is 5.88 Å². The zero-order valence-corrected chi connectivity index (χ0v) is 11.3. The van der Waals surface area contributed by atoms with E-state index in [9.17, 15) is 4.39 Å². The summed E-state index contributed by atoms with van der Waals surface area (Å²) in [4.78, 5) is 4.25. The molecule has 0 radical (unpaired) electrons. The largest absolute Gasteiger partial charge is 0.295 e. The summed E-state index contributed by atoms with van der Waals surface area (Å²) in [5.41, 5.74) is 1.87. The Labute approximate surface area is 119 Å². The average molecular weight is 295 g/mol. The monoisotopic (exact) mass is 294 g/mol. The molecule has 3 rings (SSSR count). The first-order chi connectivity index (χ1) is 9.20. The first-order valence-corrected chi connectivity index (χ1v) is 6.59. The lowest BCUT2D eigenvalue weighted by atomic mass is 10.2. The minimum absolute atomic E-state index is 0.205. The molecule has 3 aromatic rings. The molecule has 0 saturated heterocycles. The van der Waals surface area contributed by atoms with Crippen molar-refractivity contribution in [2.75, 3.05) is 0 Å². The van der Waals surface area contributed by atoms with Crippen LogP contribution in [0.3, 0.4) is 0 Å². The molecule has 96 valence electrons. The van der Waals surface area contributed by atoms with Crippen molar-refractivity contribution in [3.05, 3.63) is 59.1 Å². The van der Waals surface area contributed by atoms with Crippen LogP contribution in [0.4, 0.5) is 4.39 Å². The topological polar surface area (TPSA) is 17.8 Å². The van der Waals surface area contributed by atoms with Gasteiger partial charge in [-0.1, -0.05) is 17.7 Å². The molecule has 5 heteroatoms. The first-order valence-electron chi connectivity index (χ1n) is 5.68. The molecule has 0 atom stereocenters. The minimum atomic E-state index is -0.350. The molecule has 0 aliphatic heterocycles. The fourth-order valence-electron chi connectivity index (χ4n) is 2.08. The molecular weight excluding hydrogens is 286 g/mol. The highest BCUT2D eigenvalue weighted by Crippen LogP contribution is 2.25. The Balaban J connectivity index is 2.32. The molecule has 1 heterocycles. The molecule has 19 heavy (non-hydrogen) atoms. The van der Waals surface area contributed by atoms with E-state index in [0.717, 1.165) is 5.69 Å². The number of nitrogens with zero attached hydrogens (tertiary/aromatic N) is 2. The van der Waals surface area contributed by atoms with E-state index in [1.54, 1.807) is 18.2 Å². The van der Waals surface area contributed by atoms with Crippen LogP contribution >= 0.6 is 23.2 Å². The predicted octanol–water partition coefficient (Wildman–Crippen LogP) is 4.56. The maximum absolute atomic E-state index is 13.8. The summed E-state index contributed by atoms with van der Waals surface area (Å²) in [7, 11) is 0. The Morgan fingerprint density at radius 2 is 1.84 bits per heavy atom. The predicted molar refractivity (Wildman–Crippen MR) is 75.6 cm³/mol. The smallest absolute Gasteiger partial charge is 0.151 e. The van der Waals surface area contributed by atoms with Crippen LogP contribution in [0.5, 0.6) is 0 Å². The van der Waals surface area contributed by atoms with E-state index in [1.165, 1.54) is 6.07 Å². The van der Waals surface area contributed by atoms with Crippen LogP contribution in [0.15, 0.2) is 42.5 Å². The lowest BCUT2D eigenvalue weighted by Gasteiger charge is -2.07. The minimum Gasteiger partial charge on any atom is -0.295 e. The van der Waals surface area contributed by atoms with Gasteiger partial charge in [0.15, 0.2) is 5.82 Å². The highest BCUT2D eigenvalue weighted by atomic mass is 35.5. The normalized spacial score (nSPS) is 11.1. The van der Waals surface area contributed by atoms with E-state index in [0.29, 0.717) is 21.9 Å². The van der Waals surface area contributed by atoms with Gasteiger partial charge < -0.3 is 0 Å². The van der Waals surface area contributed by atoms with E-state index < -0.39 is 0 Å². The Hall–Kier alpha value is -1.58. The third-order valence-electron chi connectivity index (χ3n) is 2.91. The van der Waals surface area contributed by atoms with Gasteiger partial charge in [0.2, 0.25) is 0 Å². The van der Waals surface area contributed by atoms with Gasteiger partial charge in [0.25, 0.3) is 0 Å². The summed E-state index contributed by atoms with van der Waals surface area (Å²) in [6.07, 6.45) is 0. The zero-order valence-electron chi connectivity index (χ0n) is 9.78. The standard InChI is InChI=1S/C14H9Cl2FN2/c15-8-13-18-14-11(17)2-1-3-12(14)19(13)10-6-4-9(16)5-7-10/h1-7H,8H2. The number of benzene rings is 2. The molecule has 0 N–H and O–H groups in total. The van der Waals surface area contributed by atoms with Crippen LogP contribution in [0.1, 0.15) is 5.82 Å². The Bertz CT molecular complexity index is 735. The van der Waals surface area contributed by atoms with Crippen molar-refractivity contribution in [1.82, 2.24) is 9.55 Å². The van der Waals surface area contributed by atoms with Crippen LogP contribution in [0.25, 0.3) is 16.7 Å². The molecule has 0 fully saturated rings. The van der Waals surface area contributed by atoms with Crippen molar-refractivity contribution in [1.29, 1.82) is 0 Å².